The van der Waals surface area contributed by atoms with Gasteiger partial charge in [0.1, 0.15) is 17.3 Å². The highest BCUT2D eigenvalue weighted by Crippen LogP contribution is 2.06. The van der Waals surface area contributed by atoms with E-state index in [0.717, 1.165) is 0 Å². The summed E-state index contributed by atoms with van der Waals surface area (Å²) in [6, 6.07) is 8.25. The smallest absolute Gasteiger partial charge is 0.323 e. The third-order valence-corrected chi connectivity index (χ3v) is 3.58. The number of Topliss-reactive ketones (excluding diaryl/α,β-unsaturated/α-hetero) is 1. The Morgan fingerprint density at radius 3 is 2.38 bits per heavy atom. The second kappa shape index (κ2) is 11.1. The van der Waals surface area contributed by atoms with Gasteiger partial charge in [0.15, 0.2) is 5.78 Å². The van der Waals surface area contributed by atoms with Crippen LogP contribution in [-0.2, 0) is 19.1 Å². The Morgan fingerprint density at radius 1 is 1.12 bits per heavy atom. The number of hydrogen-bond donors (Lipinski definition) is 1. The minimum absolute atomic E-state index is 0.0164. The molecule has 0 bridgehead atoms. The van der Waals surface area contributed by atoms with Gasteiger partial charge in [-0.15, -0.1) is 0 Å². The van der Waals surface area contributed by atoms with Crippen LogP contribution in [0.5, 0.6) is 0 Å². The number of esters is 2. The van der Waals surface area contributed by atoms with Crippen LogP contribution in [0.3, 0.4) is 0 Å². The second-order valence-corrected chi connectivity index (χ2v) is 6.06. The van der Waals surface area contributed by atoms with Gasteiger partial charge in [-0.1, -0.05) is 44.2 Å². The monoisotopic (exact) mass is 447 g/mol. The molecule has 132 valence electrons. The van der Waals surface area contributed by atoms with Crippen LogP contribution in [0.15, 0.2) is 30.3 Å². The summed E-state index contributed by atoms with van der Waals surface area (Å²) >= 11 is 1.92. The van der Waals surface area contributed by atoms with Gasteiger partial charge in [0.2, 0.25) is 0 Å². The summed E-state index contributed by atoms with van der Waals surface area (Å²) in [5.41, 5.74) is 0.586. The van der Waals surface area contributed by atoms with Crippen molar-refractivity contribution in [3.63, 3.8) is 0 Å². The molecule has 0 spiro atoms. The van der Waals surface area contributed by atoms with Crippen molar-refractivity contribution < 1.29 is 23.9 Å². The van der Waals surface area contributed by atoms with Crippen molar-refractivity contribution >= 4 is 40.3 Å². The van der Waals surface area contributed by atoms with E-state index in [9.17, 15) is 14.4 Å². The van der Waals surface area contributed by atoms with Gasteiger partial charge >= 0.3 is 11.9 Å². The lowest BCUT2D eigenvalue weighted by Gasteiger charge is -2.20. The number of benzene rings is 1. The lowest BCUT2D eigenvalue weighted by Crippen LogP contribution is -2.44. The summed E-state index contributed by atoms with van der Waals surface area (Å²) in [6.45, 7) is 3.72. The van der Waals surface area contributed by atoms with E-state index in [1.807, 2.05) is 42.5 Å². The van der Waals surface area contributed by atoms with Crippen LogP contribution in [0.25, 0.3) is 0 Å². The van der Waals surface area contributed by atoms with E-state index in [0.29, 0.717) is 5.56 Å². The molecule has 0 radical (unpaired) electrons. The SMILES string of the molecule is CC(C)C(NCC(=O)c1ccccc1)C(=O)OCCC(=O)OCI. The molecule has 1 rings (SSSR count). The van der Waals surface area contributed by atoms with Gasteiger partial charge in [0, 0.05) is 5.56 Å². The van der Waals surface area contributed by atoms with Crippen molar-refractivity contribution in [3.05, 3.63) is 35.9 Å². The first-order chi connectivity index (χ1) is 11.5. The minimum Gasteiger partial charge on any atom is -0.464 e. The van der Waals surface area contributed by atoms with Crippen molar-refractivity contribution in [2.45, 2.75) is 26.3 Å². The number of carbonyl (C=O) groups excluding carboxylic acids is 3. The predicted octanol–water partition coefficient (Wildman–Crippen LogP) is 2.35. The van der Waals surface area contributed by atoms with Crippen LogP contribution in [0.2, 0.25) is 0 Å². The maximum atomic E-state index is 12.1. The molecule has 1 aromatic rings. The van der Waals surface area contributed by atoms with Crippen molar-refractivity contribution in [1.82, 2.24) is 5.32 Å². The van der Waals surface area contributed by atoms with E-state index in [2.05, 4.69) is 5.32 Å². The zero-order chi connectivity index (χ0) is 17.9. The molecule has 1 aromatic carbocycles. The van der Waals surface area contributed by atoms with Crippen molar-refractivity contribution in [3.8, 4) is 0 Å². The number of halogens is 1. The third kappa shape index (κ3) is 7.39. The number of rotatable bonds is 10. The molecule has 0 amide bonds. The third-order valence-electron chi connectivity index (χ3n) is 3.26. The predicted molar refractivity (Wildman–Crippen MR) is 98.0 cm³/mol. The first-order valence-corrected chi connectivity index (χ1v) is 9.18. The number of ether oxygens (including phenoxy) is 2. The Hall–Kier alpha value is -1.48. The lowest BCUT2D eigenvalue weighted by molar-refractivity contribution is -0.150. The highest BCUT2D eigenvalue weighted by atomic mass is 127. The highest BCUT2D eigenvalue weighted by Gasteiger charge is 2.24. The first kappa shape index (κ1) is 20.6. The average Bonchev–Trinajstić information content (AvgIpc) is 2.55. The zero-order valence-corrected chi connectivity index (χ0v) is 15.9. The van der Waals surface area contributed by atoms with Gasteiger partial charge < -0.3 is 9.47 Å². The highest BCUT2D eigenvalue weighted by molar-refractivity contribution is 14.1. The Balaban J connectivity index is 2.47. The van der Waals surface area contributed by atoms with E-state index < -0.39 is 18.0 Å². The number of alkyl halides is 1. The number of nitrogens with one attached hydrogen (secondary N) is 1. The Bertz CT molecular complexity index is 547. The van der Waals surface area contributed by atoms with E-state index in [4.69, 9.17) is 9.47 Å². The van der Waals surface area contributed by atoms with Gasteiger partial charge in [0.05, 0.1) is 13.0 Å². The van der Waals surface area contributed by atoms with Gasteiger partial charge in [-0.25, -0.2) is 0 Å². The molecule has 0 aromatic heterocycles. The van der Waals surface area contributed by atoms with Crippen LogP contribution >= 0.6 is 22.6 Å². The Morgan fingerprint density at radius 2 is 1.79 bits per heavy atom. The summed E-state index contributed by atoms with van der Waals surface area (Å²) in [7, 11) is 0. The zero-order valence-electron chi connectivity index (χ0n) is 13.8. The summed E-state index contributed by atoms with van der Waals surface area (Å²) in [5.74, 6) is -1.04. The largest absolute Gasteiger partial charge is 0.464 e. The fourth-order valence-corrected chi connectivity index (χ4v) is 2.33. The van der Waals surface area contributed by atoms with Gasteiger partial charge in [-0.2, -0.15) is 0 Å². The van der Waals surface area contributed by atoms with Crippen LogP contribution < -0.4 is 5.32 Å². The standard InChI is InChI=1S/C17H22INO5/c1-12(2)16(17(22)23-9-8-15(21)24-11-18)19-10-14(20)13-6-4-3-5-7-13/h3-7,12,16,19H,8-11H2,1-2H3. The molecule has 0 saturated carbocycles. The topological polar surface area (TPSA) is 81.7 Å². The van der Waals surface area contributed by atoms with Gasteiger partial charge in [-0.3, -0.25) is 19.7 Å². The van der Waals surface area contributed by atoms with Crippen molar-refractivity contribution in [2.75, 3.05) is 17.8 Å². The molecule has 0 aliphatic carbocycles. The molecule has 1 N–H and O–H groups in total. The van der Waals surface area contributed by atoms with Crippen molar-refractivity contribution in [1.29, 1.82) is 0 Å². The van der Waals surface area contributed by atoms with Crippen LogP contribution in [-0.4, -0.2) is 41.5 Å². The molecular weight excluding hydrogens is 425 g/mol. The Kier molecular flexibility index (Phi) is 9.55. The van der Waals surface area contributed by atoms with Gasteiger partial charge in [0.25, 0.3) is 0 Å². The van der Waals surface area contributed by atoms with Crippen LogP contribution in [0, 0.1) is 5.92 Å². The van der Waals surface area contributed by atoms with Crippen LogP contribution in [0.1, 0.15) is 30.6 Å². The molecule has 0 heterocycles. The Labute approximate surface area is 155 Å². The van der Waals surface area contributed by atoms with E-state index in [-0.39, 0.29) is 35.9 Å². The molecule has 0 fully saturated rings. The summed E-state index contributed by atoms with van der Waals surface area (Å²) in [5, 5.41) is 2.94. The molecule has 0 aliphatic heterocycles. The van der Waals surface area contributed by atoms with Gasteiger partial charge in [-0.05, 0) is 28.5 Å². The molecule has 6 nitrogen and oxygen atoms in total. The minimum atomic E-state index is -0.613. The maximum Gasteiger partial charge on any atom is 0.323 e. The fraction of sp³-hybridized carbons (Fsp3) is 0.471. The summed E-state index contributed by atoms with van der Waals surface area (Å²) in [4.78, 5) is 35.4. The average molecular weight is 447 g/mol. The van der Waals surface area contributed by atoms with E-state index in [1.165, 1.54) is 0 Å². The number of hydrogen-bond acceptors (Lipinski definition) is 6. The quantitative estimate of drug-likeness (QED) is 0.257. The molecule has 1 atom stereocenters. The molecule has 0 aliphatic rings. The second-order valence-electron chi connectivity index (χ2n) is 5.43. The van der Waals surface area contributed by atoms with Crippen molar-refractivity contribution in [2.24, 2.45) is 5.92 Å². The summed E-state index contributed by atoms with van der Waals surface area (Å²) in [6.07, 6.45) is 0.0164. The molecule has 7 heteroatoms. The van der Waals surface area contributed by atoms with Crippen LogP contribution in [0.4, 0.5) is 0 Å². The van der Waals surface area contributed by atoms with E-state index >= 15 is 0 Å². The maximum absolute atomic E-state index is 12.1. The summed E-state index contributed by atoms with van der Waals surface area (Å²) < 4.78 is 10.1. The molecule has 1 unspecified atom stereocenters. The van der Waals surface area contributed by atoms with E-state index in [1.54, 1.807) is 24.3 Å². The molecule has 24 heavy (non-hydrogen) atoms. The normalized spacial score (nSPS) is 11.8. The molecule has 0 saturated heterocycles. The molecular formula is C17H22INO5. The lowest BCUT2D eigenvalue weighted by atomic mass is 10.0. The number of ketones is 1. The number of carbonyl (C=O) groups is 3. The first-order valence-electron chi connectivity index (χ1n) is 7.65. The fourth-order valence-electron chi connectivity index (χ4n) is 1.98.